The van der Waals surface area contributed by atoms with Crippen LogP contribution in [0.15, 0.2) is 11.4 Å². The van der Waals surface area contributed by atoms with Gasteiger partial charge in [-0.15, -0.1) is 0 Å². The first-order valence-electron chi connectivity index (χ1n) is 8.72. The summed E-state index contributed by atoms with van der Waals surface area (Å²) in [5.74, 6) is 0.616. The van der Waals surface area contributed by atoms with Crippen LogP contribution in [-0.2, 0) is 20.8 Å². The second kappa shape index (κ2) is 12.7. The van der Waals surface area contributed by atoms with Gasteiger partial charge in [-0.2, -0.15) is 0 Å². The van der Waals surface area contributed by atoms with Gasteiger partial charge >= 0.3 is 6.09 Å². The number of alkyl carbamates (subject to hydrolysis) is 1. The molecule has 1 heterocycles. The number of nitrogens with zero attached hydrogens (tertiary/aromatic N) is 2. The van der Waals surface area contributed by atoms with Crippen molar-refractivity contribution in [2.75, 3.05) is 51.1 Å². The molecule has 10 heteroatoms. The van der Waals surface area contributed by atoms with Crippen molar-refractivity contribution in [3.63, 3.8) is 0 Å². The lowest BCUT2D eigenvalue weighted by Crippen LogP contribution is -2.34. The number of anilines is 1. The topological polar surface area (TPSA) is 115 Å². The van der Waals surface area contributed by atoms with Gasteiger partial charge in [0.1, 0.15) is 11.4 Å². The Morgan fingerprint density at radius 1 is 1.19 bits per heavy atom. The van der Waals surface area contributed by atoms with Gasteiger partial charge in [0, 0.05) is 24.8 Å². The van der Waals surface area contributed by atoms with Crippen molar-refractivity contribution < 1.29 is 24.1 Å². The maximum atomic E-state index is 11.4. The van der Waals surface area contributed by atoms with Gasteiger partial charge in [0.25, 0.3) is 0 Å². The van der Waals surface area contributed by atoms with Gasteiger partial charge in [0.05, 0.1) is 33.0 Å². The highest BCUT2D eigenvalue weighted by Gasteiger charge is 2.15. The van der Waals surface area contributed by atoms with Gasteiger partial charge < -0.3 is 30.0 Å². The first-order chi connectivity index (χ1) is 12.9. The van der Waals surface area contributed by atoms with Crippen LogP contribution in [0.3, 0.4) is 0 Å². The molecule has 1 aromatic rings. The van der Waals surface area contributed by atoms with Crippen LogP contribution in [0.4, 0.5) is 10.6 Å². The lowest BCUT2D eigenvalue weighted by molar-refractivity contribution is 0.0415. The fourth-order valence-electron chi connectivity index (χ4n) is 1.86. The number of carbonyl (C=O) groups excluding carboxylic acids is 1. The summed E-state index contributed by atoms with van der Waals surface area (Å²) in [6.45, 7) is 7.99. The number of ether oxygens (including phenoxy) is 3. The minimum absolute atomic E-state index is 0.122. The van der Waals surface area contributed by atoms with Crippen molar-refractivity contribution in [3.8, 4) is 0 Å². The molecule has 154 valence electrons. The molecule has 0 aliphatic heterocycles. The third-order valence-electron chi connectivity index (χ3n) is 3.02. The number of rotatable bonds is 12. The lowest BCUT2D eigenvalue weighted by atomic mass is 10.2. The van der Waals surface area contributed by atoms with Crippen LogP contribution in [0.25, 0.3) is 0 Å². The van der Waals surface area contributed by atoms with Crippen molar-refractivity contribution >= 4 is 23.7 Å². The van der Waals surface area contributed by atoms with Gasteiger partial charge in [-0.3, -0.25) is 0 Å². The highest BCUT2D eigenvalue weighted by atomic mass is 32.2. The van der Waals surface area contributed by atoms with Gasteiger partial charge in [-0.1, -0.05) is 11.8 Å². The molecule has 1 amide bonds. The summed E-state index contributed by atoms with van der Waals surface area (Å²) in [7, 11) is 0. The molecule has 0 atom stereocenters. The minimum atomic E-state index is -0.506. The van der Waals surface area contributed by atoms with Gasteiger partial charge in [0.2, 0.25) is 0 Å². The van der Waals surface area contributed by atoms with Crippen molar-refractivity contribution in [2.45, 2.75) is 38.1 Å². The predicted octanol–water partition coefficient (Wildman–Crippen LogP) is 1.66. The summed E-state index contributed by atoms with van der Waals surface area (Å²) in [6, 6.07) is 0. The lowest BCUT2D eigenvalue weighted by Gasteiger charge is -2.19. The Morgan fingerprint density at radius 2 is 1.85 bits per heavy atom. The number of hydrogen-bond acceptors (Lipinski definition) is 9. The van der Waals surface area contributed by atoms with Crippen molar-refractivity contribution in [2.24, 2.45) is 0 Å². The summed E-state index contributed by atoms with van der Waals surface area (Å²) >= 11 is 1.44. The van der Waals surface area contributed by atoms with Crippen LogP contribution in [0.2, 0.25) is 0 Å². The number of aliphatic hydroxyl groups excluding tert-OH is 1. The van der Waals surface area contributed by atoms with Gasteiger partial charge in [-0.25, -0.2) is 14.8 Å². The van der Waals surface area contributed by atoms with Crippen LogP contribution in [0.5, 0.6) is 0 Å². The Balaban J connectivity index is 2.04. The van der Waals surface area contributed by atoms with E-state index < -0.39 is 11.7 Å². The molecule has 0 fully saturated rings. The number of thioether (sulfide) groups is 1. The average molecular weight is 403 g/mol. The number of hydrogen-bond donors (Lipinski definition) is 3. The largest absolute Gasteiger partial charge is 0.444 e. The van der Waals surface area contributed by atoms with Crippen molar-refractivity contribution in [1.82, 2.24) is 15.3 Å². The van der Waals surface area contributed by atoms with Crippen molar-refractivity contribution in [3.05, 3.63) is 11.8 Å². The molecule has 1 rings (SSSR count). The second-order valence-corrected chi connectivity index (χ2v) is 7.24. The van der Waals surface area contributed by atoms with E-state index in [1.807, 2.05) is 27.0 Å². The highest BCUT2D eigenvalue weighted by molar-refractivity contribution is 7.98. The zero-order chi connectivity index (χ0) is 20.1. The summed E-state index contributed by atoms with van der Waals surface area (Å²) in [4.78, 5) is 19.9. The molecule has 9 nitrogen and oxygen atoms in total. The Labute approximate surface area is 164 Å². The maximum Gasteiger partial charge on any atom is 0.407 e. The Hall–Kier alpha value is -1.62. The fraction of sp³-hybridized carbons (Fsp3) is 0.706. The van der Waals surface area contributed by atoms with Crippen LogP contribution in [0.1, 0.15) is 26.3 Å². The number of nitrogens with one attached hydrogen (secondary N) is 2. The number of aromatic nitrogens is 2. The summed E-state index contributed by atoms with van der Waals surface area (Å²) in [5, 5.41) is 15.7. The van der Waals surface area contributed by atoms with Crippen molar-refractivity contribution in [1.29, 1.82) is 0 Å². The van der Waals surface area contributed by atoms with E-state index >= 15 is 0 Å². The molecule has 0 aliphatic rings. The molecule has 0 bridgehead atoms. The monoisotopic (exact) mass is 402 g/mol. The maximum absolute atomic E-state index is 11.4. The van der Waals surface area contributed by atoms with Crippen LogP contribution >= 0.6 is 11.8 Å². The predicted molar refractivity (Wildman–Crippen MR) is 104 cm³/mol. The quantitative estimate of drug-likeness (QED) is 0.273. The molecule has 27 heavy (non-hydrogen) atoms. The third-order valence-corrected chi connectivity index (χ3v) is 3.58. The number of aliphatic hydroxyl groups is 1. The molecule has 0 aromatic carbocycles. The van der Waals surface area contributed by atoms with E-state index in [2.05, 4.69) is 20.6 Å². The average Bonchev–Trinajstić information content (AvgIpc) is 2.61. The molecular weight excluding hydrogens is 372 g/mol. The molecule has 0 radical (unpaired) electrons. The molecule has 1 aromatic heterocycles. The molecule has 0 saturated carbocycles. The standard InChI is InChI=1S/C17H30N4O5S/c1-17(2,3)26-16(23)19-6-8-25-10-9-24-7-5-18-14-13(12-22)11-20-15(21-14)27-4/h11,22H,5-10,12H2,1-4H3,(H,19,23)(H,18,20,21). The Bertz CT molecular complexity index is 569. The van der Waals surface area contributed by atoms with E-state index in [-0.39, 0.29) is 6.61 Å². The Morgan fingerprint density at radius 3 is 2.44 bits per heavy atom. The first kappa shape index (κ1) is 23.4. The summed E-state index contributed by atoms with van der Waals surface area (Å²) in [6.07, 6.45) is 3.05. The Kier molecular flexibility index (Phi) is 11.0. The van der Waals surface area contributed by atoms with E-state index in [1.165, 1.54) is 11.8 Å². The molecule has 3 N–H and O–H groups in total. The van der Waals surface area contributed by atoms with E-state index in [0.29, 0.717) is 56.1 Å². The van der Waals surface area contributed by atoms with Crippen LogP contribution < -0.4 is 10.6 Å². The smallest absolute Gasteiger partial charge is 0.407 e. The molecular formula is C17H30N4O5S. The summed E-state index contributed by atoms with van der Waals surface area (Å²) in [5.41, 5.74) is 0.140. The first-order valence-corrected chi connectivity index (χ1v) is 9.95. The minimum Gasteiger partial charge on any atom is -0.444 e. The van der Waals surface area contributed by atoms with Gasteiger partial charge in [-0.05, 0) is 27.0 Å². The fourth-order valence-corrected chi connectivity index (χ4v) is 2.20. The summed E-state index contributed by atoms with van der Waals surface area (Å²) < 4.78 is 16.0. The normalized spacial score (nSPS) is 11.3. The second-order valence-electron chi connectivity index (χ2n) is 6.47. The number of amides is 1. The molecule has 0 aliphatic carbocycles. The van der Waals surface area contributed by atoms with E-state index in [0.717, 1.165) is 0 Å². The molecule has 0 unspecified atom stereocenters. The van der Waals surface area contributed by atoms with E-state index in [1.54, 1.807) is 6.20 Å². The molecule has 0 saturated heterocycles. The van der Waals surface area contributed by atoms with E-state index in [9.17, 15) is 9.90 Å². The highest BCUT2D eigenvalue weighted by Crippen LogP contribution is 2.16. The zero-order valence-corrected chi connectivity index (χ0v) is 17.2. The van der Waals surface area contributed by atoms with Crippen LogP contribution in [-0.4, -0.2) is 72.5 Å². The SMILES string of the molecule is CSc1ncc(CO)c(NCCOCCOCCNC(=O)OC(C)(C)C)n1. The molecule has 0 spiro atoms. The van der Waals surface area contributed by atoms with E-state index in [4.69, 9.17) is 14.2 Å². The third kappa shape index (κ3) is 11.0. The zero-order valence-electron chi connectivity index (χ0n) is 16.4. The number of carbonyl (C=O) groups is 1. The van der Waals surface area contributed by atoms with Gasteiger partial charge in [0.15, 0.2) is 5.16 Å². The van der Waals surface area contributed by atoms with Crippen LogP contribution in [0, 0.1) is 0 Å².